The van der Waals surface area contributed by atoms with Crippen LogP contribution >= 0.6 is 0 Å². The number of aromatic nitrogens is 1. The summed E-state index contributed by atoms with van der Waals surface area (Å²) in [5.41, 5.74) is 1.50. The van der Waals surface area contributed by atoms with Crippen molar-refractivity contribution in [2.75, 3.05) is 12.4 Å². The number of nitrogens with zero attached hydrogens (tertiary/aromatic N) is 1. The highest BCUT2D eigenvalue weighted by atomic mass is 16.4. The largest absolute Gasteiger partial charge is 0.477 e. The van der Waals surface area contributed by atoms with Crippen LogP contribution in [0.1, 0.15) is 26.5 Å². The smallest absolute Gasteiger partial charge is 0.354 e. The first-order valence-corrected chi connectivity index (χ1v) is 6.36. The molecule has 0 unspecified atom stereocenters. The zero-order valence-electron chi connectivity index (χ0n) is 11.5. The highest BCUT2D eigenvalue weighted by molar-refractivity contribution is 6.03. The van der Waals surface area contributed by atoms with E-state index >= 15 is 0 Å². The number of anilines is 1. The molecule has 0 saturated carbocycles. The monoisotopic (exact) mass is 285 g/mol. The number of benzene rings is 1. The van der Waals surface area contributed by atoms with Gasteiger partial charge in [-0.1, -0.05) is 24.3 Å². The van der Waals surface area contributed by atoms with Crippen LogP contribution in [0.5, 0.6) is 0 Å². The number of pyridine rings is 1. The third-order valence-electron chi connectivity index (χ3n) is 2.83. The number of rotatable bonds is 5. The minimum absolute atomic E-state index is 0.0640. The molecule has 1 aromatic carbocycles. The van der Waals surface area contributed by atoms with E-state index in [0.29, 0.717) is 12.2 Å². The van der Waals surface area contributed by atoms with Gasteiger partial charge in [-0.15, -0.1) is 0 Å². The van der Waals surface area contributed by atoms with E-state index in [0.717, 1.165) is 5.56 Å². The molecule has 0 spiro atoms. The lowest BCUT2D eigenvalue weighted by Gasteiger charge is -2.10. The predicted molar refractivity (Wildman–Crippen MR) is 78.4 cm³/mol. The number of carboxylic acid groups (broad SMARTS) is 1. The summed E-state index contributed by atoms with van der Waals surface area (Å²) in [6, 6.07) is 11.7. The zero-order valence-corrected chi connectivity index (χ0v) is 11.5. The van der Waals surface area contributed by atoms with Gasteiger partial charge in [-0.05, 0) is 30.8 Å². The average molecular weight is 285 g/mol. The van der Waals surface area contributed by atoms with Gasteiger partial charge in [0.05, 0.1) is 0 Å². The molecule has 0 aliphatic rings. The Labute approximate surface area is 121 Å². The van der Waals surface area contributed by atoms with Crippen LogP contribution in [0, 0.1) is 0 Å². The molecule has 0 bridgehead atoms. The maximum Gasteiger partial charge on any atom is 0.354 e. The van der Waals surface area contributed by atoms with E-state index < -0.39 is 11.9 Å². The van der Waals surface area contributed by atoms with Crippen molar-refractivity contribution < 1.29 is 14.7 Å². The Hall–Kier alpha value is -2.73. The number of nitrogens with one attached hydrogen (secondary N) is 2. The number of aromatic carboxylic acids is 1. The highest BCUT2D eigenvalue weighted by Gasteiger charge is 2.12. The third kappa shape index (κ3) is 3.64. The normalized spacial score (nSPS) is 10.1. The molecule has 1 amide bonds. The second-order valence-electron chi connectivity index (χ2n) is 4.35. The fraction of sp³-hybridized carbons (Fsp3) is 0.133. The van der Waals surface area contributed by atoms with Crippen LogP contribution in [0.25, 0.3) is 0 Å². The number of para-hydroxylation sites is 1. The summed E-state index contributed by atoms with van der Waals surface area (Å²) in [6.07, 6.45) is 0. The van der Waals surface area contributed by atoms with Gasteiger partial charge in [-0.3, -0.25) is 4.79 Å². The number of hydrogen-bond donors (Lipinski definition) is 3. The van der Waals surface area contributed by atoms with Crippen molar-refractivity contribution in [3.63, 3.8) is 0 Å². The van der Waals surface area contributed by atoms with Crippen LogP contribution in [-0.4, -0.2) is 29.0 Å². The van der Waals surface area contributed by atoms with E-state index in [1.807, 2.05) is 25.2 Å². The number of carboxylic acids is 1. The number of carbonyl (C=O) groups is 2. The molecule has 3 N–H and O–H groups in total. The Balaban J connectivity index is 2.22. The number of hydrogen-bond acceptors (Lipinski definition) is 4. The van der Waals surface area contributed by atoms with Crippen molar-refractivity contribution in [2.24, 2.45) is 0 Å². The quantitative estimate of drug-likeness (QED) is 0.778. The molecule has 0 aliphatic carbocycles. The second-order valence-corrected chi connectivity index (χ2v) is 4.35. The van der Waals surface area contributed by atoms with Crippen LogP contribution in [0.3, 0.4) is 0 Å². The number of carbonyl (C=O) groups excluding carboxylic acids is 1. The average Bonchev–Trinajstić information content (AvgIpc) is 2.49. The maximum absolute atomic E-state index is 12.2. The van der Waals surface area contributed by atoms with Gasteiger partial charge in [0.1, 0.15) is 11.4 Å². The van der Waals surface area contributed by atoms with Gasteiger partial charge in [0.2, 0.25) is 0 Å². The topological polar surface area (TPSA) is 91.3 Å². The lowest BCUT2D eigenvalue weighted by Crippen LogP contribution is -2.17. The Morgan fingerprint density at radius 1 is 1.10 bits per heavy atom. The van der Waals surface area contributed by atoms with Gasteiger partial charge >= 0.3 is 5.97 Å². The Morgan fingerprint density at radius 3 is 2.52 bits per heavy atom. The first-order valence-electron chi connectivity index (χ1n) is 6.36. The van der Waals surface area contributed by atoms with Gasteiger partial charge in [0, 0.05) is 12.2 Å². The van der Waals surface area contributed by atoms with Crippen LogP contribution < -0.4 is 10.6 Å². The molecule has 108 valence electrons. The molecule has 21 heavy (non-hydrogen) atoms. The number of amides is 1. The van der Waals surface area contributed by atoms with Crippen LogP contribution in [0.2, 0.25) is 0 Å². The summed E-state index contributed by atoms with van der Waals surface area (Å²) >= 11 is 0. The van der Waals surface area contributed by atoms with Gasteiger partial charge in [-0.2, -0.15) is 0 Å². The van der Waals surface area contributed by atoms with E-state index in [1.165, 1.54) is 18.2 Å². The van der Waals surface area contributed by atoms with Gasteiger partial charge in [0.15, 0.2) is 0 Å². The van der Waals surface area contributed by atoms with Gasteiger partial charge in [-0.25, -0.2) is 9.78 Å². The minimum Gasteiger partial charge on any atom is -0.477 e. The zero-order chi connectivity index (χ0) is 15.2. The fourth-order valence-electron chi connectivity index (χ4n) is 1.85. The van der Waals surface area contributed by atoms with Gasteiger partial charge < -0.3 is 15.7 Å². The van der Waals surface area contributed by atoms with E-state index in [4.69, 9.17) is 5.11 Å². The Bertz CT molecular complexity index is 671. The Morgan fingerprint density at radius 2 is 1.81 bits per heavy atom. The van der Waals surface area contributed by atoms with E-state index in [1.54, 1.807) is 6.07 Å². The summed E-state index contributed by atoms with van der Waals surface area (Å²) in [4.78, 5) is 26.8. The molecule has 0 aliphatic heterocycles. The van der Waals surface area contributed by atoms with Crippen molar-refractivity contribution in [2.45, 2.75) is 6.54 Å². The van der Waals surface area contributed by atoms with Crippen molar-refractivity contribution in [1.29, 1.82) is 0 Å². The van der Waals surface area contributed by atoms with E-state index in [9.17, 15) is 9.59 Å². The highest BCUT2D eigenvalue weighted by Crippen LogP contribution is 2.15. The fourth-order valence-corrected chi connectivity index (χ4v) is 1.85. The molecular formula is C15H15N3O3. The summed E-state index contributed by atoms with van der Waals surface area (Å²) in [7, 11) is 1.82. The van der Waals surface area contributed by atoms with Crippen molar-refractivity contribution in [3.05, 3.63) is 59.4 Å². The molecule has 2 aromatic rings. The van der Waals surface area contributed by atoms with Gasteiger partial charge in [0.25, 0.3) is 5.91 Å². The van der Waals surface area contributed by atoms with Crippen molar-refractivity contribution in [3.8, 4) is 0 Å². The first kappa shape index (κ1) is 14.7. The molecule has 1 aromatic heterocycles. The lowest BCUT2D eigenvalue weighted by atomic mass is 10.1. The standard InChI is InChI=1S/C15H15N3O3/c1-16-9-10-5-2-3-6-11(10)18-14(19)12-7-4-8-13(17-12)15(20)21/h2-8,16H,9H2,1H3,(H,18,19)(H,20,21). The summed E-state index contributed by atoms with van der Waals surface area (Å²) in [5.74, 6) is -1.61. The Kier molecular flexibility index (Phi) is 4.63. The first-order chi connectivity index (χ1) is 10.1. The summed E-state index contributed by atoms with van der Waals surface area (Å²) < 4.78 is 0. The minimum atomic E-state index is -1.17. The van der Waals surface area contributed by atoms with E-state index in [2.05, 4.69) is 15.6 Å². The molecule has 0 atom stereocenters. The molecule has 6 nitrogen and oxygen atoms in total. The molecular weight excluding hydrogens is 270 g/mol. The predicted octanol–water partition coefficient (Wildman–Crippen LogP) is 1.75. The molecule has 0 fully saturated rings. The second kappa shape index (κ2) is 6.62. The summed E-state index contributed by atoms with van der Waals surface area (Å²) in [6.45, 7) is 0.610. The van der Waals surface area contributed by atoms with Crippen molar-refractivity contribution >= 4 is 17.6 Å². The van der Waals surface area contributed by atoms with Crippen LogP contribution in [0.15, 0.2) is 42.5 Å². The summed E-state index contributed by atoms with van der Waals surface area (Å²) in [5, 5.41) is 14.7. The third-order valence-corrected chi connectivity index (χ3v) is 2.83. The molecule has 1 heterocycles. The van der Waals surface area contributed by atoms with Crippen molar-refractivity contribution in [1.82, 2.24) is 10.3 Å². The van der Waals surface area contributed by atoms with Crippen LogP contribution in [-0.2, 0) is 6.54 Å². The van der Waals surface area contributed by atoms with E-state index in [-0.39, 0.29) is 11.4 Å². The lowest BCUT2D eigenvalue weighted by molar-refractivity contribution is 0.0690. The SMILES string of the molecule is CNCc1ccccc1NC(=O)c1cccc(C(=O)O)n1. The maximum atomic E-state index is 12.2. The molecule has 2 rings (SSSR count). The molecule has 0 radical (unpaired) electrons. The van der Waals surface area contributed by atoms with Crippen LogP contribution in [0.4, 0.5) is 5.69 Å². The molecule has 6 heteroatoms. The molecule has 0 saturated heterocycles.